The molecule has 6 nitrogen and oxygen atoms in total. The fourth-order valence-electron chi connectivity index (χ4n) is 3.46. The Balaban J connectivity index is 1.63. The molecule has 36 heavy (non-hydrogen) atoms. The van der Waals surface area contributed by atoms with Crippen LogP contribution >= 0.6 is 0 Å². The lowest BCUT2D eigenvalue weighted by molar-refractivity contribution is -0.154. The number of carbonyl (C=O) groups is 1. The Morgan fingerprint density at radius 2 is 1.56 bits per heavy atom. The van der Waals surface area contributed by atoms with Crippen LogP contribution < -0.4 is 14.9 Å². The van der Waals surface area contributed by atoms with Gasteiger partial charge in [0.1, 0.15) is 23.7 Å². The molecule has 0 N–H and O–H groups in total. The lowest BCUT2D eigenvalue weighted by atomic mass is 10.1. The van der Waals surface area contributed by atoms with Crippen LogP contribution in [0, 0.1) is 0 Å². The van der Waals surface area contributed by atoms with Crippen LogP contribution in [0.4, 0.5) is 13.2 Å². The number of halogens is 3. The number of alkyl halides is 3. The summed E-state index contributed by atoms with van der Waals surface area (Å²) in [5.41, 5.74) is 0.800. The highest BCUT2D eigenvalue weighted by Gasteiger charge is 2.40. The summed E-state index contributed by atoms with van der Waals surface area (Å²) in [5, 5.41) is -0.0852. The monoisotopic (exact) mass is 498 g/mol. The van der Waals surface area contributed by atoms with Crippen molar-refractivity contribution in [2.24, 2.45) is 0 Å². The van der Waals surface area contributed by atoms with Crippen LogP contribution in [0.5, 0.6) is 17.2 Å². The van der Waals surface area contributed by atoms with Crippen molar-refractivity contribution in [3.63, 3.8) is 0 Å². The van der Waals surface area contributed by atoms with Gasteiger partial charge in [0.2, 0.25) is 11.2 Å². The van der Waals surface area contributed by atoms with E-state index in [9.17, 15) is 22.8 Å². The minimum atomic E-state index is -4.97. The molecule has 1 heterocycles. The van der Waals surface area contributed by atoms with Gasteiger partial charge in [-0.05, 0) is 53.9 Å². The summed E-state index contributed by atoms with van der Waals surface area (Å²) < 4.78 is 62.1. The first-order chi connectivity index (χ1) is 17.2. The normalized spacial score (nSPS) is 11.4. The quantitative estimate of drug-likeness (QED) is 0.270. The van der Waals surface area contributed by atoms with Crippen molar-refractivity contribution >= 4 is 16.9 Å². The smallest absolute Gasteiger partial charge is 0.453 e. The molecule has 0 saturated carbocycles. The molecule has 0 amide bonds. The number of hydrogen-bond donors (Lipinski definition) is 0. The average Bonchev–Trinajstić information content (AvgIpc) is 2.88. The number of aryl methyl sites for hydroxylation is 1. The number of carbonyl (C=O) groups excluding carboxylic acids is 1. The summed E-state index contributed by atoms with van der Waals surface area (Å²) in [7, 11) is 1.28. The van der Waals surface area contributed by atoms with Crippen LogP contribution in [0.15, 0.2) is 75.9 Å². The maximum absolute atomic E-state index is 13.8. The van der Waals surface area contributed by atoms with Crippen LogP contribution in [0.1, 0.15) is 34.2 Å². The maximum Gasteiger partial charge on any atom is 0.453 e. The molecule has 0 bridgehead atoms. The second kappa shape index (κ2) is 10.2. The van der Waals surface area contributed by atoms with Crippen LogP contribution in [0.3, 0.4) is 0 Å². The Labute approximate surface area is 203 Å². The Morgan fingerprint density at radius 1 is 0.917 bits per heavy atom. The molecule has 0 saturated heterocycles. The zero-order chi connectivity index (χ0) is 25.9. The number of methoxy groups -OCH3 is 1. The standard InChI is InChI=1S/C27H21F3O6/c1-3-16-6-10-19(11-7-16)35-24-23(31)21-13-12-20(14-22(21)36-25(24)27(28,29)30)34-15-17-4-8-18(9-5-17)26(32)33-2/h4-14H,3,15H2,1-2H3. The Hall–Kier alpha value is -4.27. The van der Waals surface area contributed by atoms with E-state index < -0.39 is 29.1 Å². The summed E-state index contributed by atoms with van der Waals surface area (Å²) >= 11 is 0. The van der Waals surface area contributed by atoms with E-state index >= 15 is 0 Å². The lowest BCUT2D eigenvalue weighted by Crippen LogP contribution is -2.15. The SMILES string of the molecule is CCc1ccc(Oc2c(C(F)(F)F)oc3cc(OCc4ccc(C(=O)OC)cc4)ccc3c2=O)cc1. The van der Waals surface area contributed by atoms with Gasteiger partial charge in [0, 0.05) is 6.07 Å². The van der Waals surface area contributed by atoms with Gasteiger partial charge in [-0.1, -0.05) is 31.2 Å². The van der Waals surface area contributed by atoms with Gasteiger partial charge < -0.3 is 18.6 Å². The highest BCUT2D eigenvalue weighted by Crippen LogP contribution is 2.38. The van der Waals surface area contributed by atoms with Crippen molar-refractivity contribution in [1.29, 1.82) is 0 Å². The second-order valence-electron chi connectivity index (χ2n) is 7.82. The predicted molar refractivity (Wildman–Crippen MR) is 125 cm³/mol. The van der Waals surface area contributed by atoms with Gasteiger partial charge in [-0.15, -0.1) is 0 Å². The van der Waals surface area contributed by atoms with E-state index in [0.29, 0.717) is 11.1 Å². The number of rotatable bonds is 7. The van der Waals surface area contributed by atoms with Crippen molar-refractivity contribution in [2.75, 3.05) is 7.11 Å². The van der Waals surface area contributed by atoms with Crippen molar-refractivity contribution in [2.45, 2.75) is 26.1 Å². The van der Waals surface area contributed by atoms with Crippen molar-refractivity contribution in [3.05, 3.63) is 99.4 Å². The Kier molecular flexibility index (Phi) is 7.00. The van der Waals surface area contributed by atoms with Crippen molar-refractivity contribution < 1.29 is 36.6 Å². The lowest BCUT2D eigenvalue weighted by Gasteiger charge is -2.14. The molecule has 4 aromatic rings. The average molecular weight is 498 g/mol. The van der Waals surface area contributed by atoms with E-state index in [2.05, 4.69) is 4.74 Å². The number of esters is 1. The molecule has 0 unspecified atom stereocenters. The van der Waals surface area contributed by atoms with E-state index in [1.165, 1.54) is 37.4 Å². The molecular weight excluding hydrogens is 477 g/mol. The highest BCUT2D eigenvalue weighted by atomic mass is 19.4. The summed E-state index contributed by atoms with van der Waals surface area (Å²) in [5.74, 6) is -2.66. The third-order valence-corrected chi connectivity index (χ3v) is 5.41. The minimum Gasteiger partial charge on any atom is -0.489 e. The van der Waals surface area contributed by atoms with Gasteiger partial charge >= 0.3 is 12.1 Å². The van der Waals surface area contributed by atoms with Crippen LogP contribution in [0.2, 0.25) is 0 Å². The van der Waals surface area contributed by atoms with Crippen LogP contribution in [-0.4, -0.2) is 13.1 Å². The van der Waals surface area contributed by atoms with Crippen LogP contribution in [-0.2, 0) is 23.9 Å². The van der Waals surface area contributed by atoms with Gasteiger partial charge in [0.25, 0.3) is 5.76 Å². The van der Waals surface area contributed by atoms with Gasteiger partial charge in [0.05, 0.1) is 18.1 Å². The fraction of sp³-hybridized carbons (Fsp3) is 0.185. The van der Waals surface area contributed by atoms with Gasteiger partial charge in [-0.3, -0.25) is 4.79 Å². The van der Waals surface area contributed by atoms with Gasteiger partial charge in [-0.25, -0.2) is 4.79 Å². The van der Waals surface area contributed by atoms with E-state index in [-0.39, 0.29) is 29.1 Å². The summed E-state index contributed by atoms with van der Waals surface area (Å²) in [4.78, 5) is 24.5. The first kappa shape index (κ1) is 24.8. The molecule has 0 atom stereocenters. The molecule has 0 radical (unpaired) electrons. The molecule has 0 aliphatic heterocycles. The number of fused-ring (bicyclic) bond motifs is 1. The largest absolute Gasteiger partial charge is 0.489 e. The maximum atomic E-state index is 13.8. The highest BCUT2D eigenvalue weighted by molar-refractivity contribution is 5.89. The van der Waals surface area contributed by atoms with E-state index in [0.717, 1.165) is 12.0 Å². The van der Waals surface area contributed by atoms with E-state index in [4.69, 9.17) is 13.9 Å². The van der Waals surface area contributed by atoms with Crippen molar-refractivity contribution in [3.8, 4) is 17.2 Å². The van der Waals surface area contributed by atoms with Gasteiger partial charge in [0.15, 0.2) is 0 Å². The third kappa shape index (κ3) is 5.35. The molecule has 4 rings (SSSR count). The van der Waals surface area contributed by atoms with E-state index in [1.54, 1.807) is 36.4 Å². The summed E-state index contributed by atoms with van der Waals surface area (Å²) in [6.45, 7) is 2.01. The molecular formula is C27H21F3O6. The van der Waals surface area contributed by atoms with E-state index in [1.807, 2.05) is 6.92 Å². The minimum absolute atomic E-state index is 0.0677. The van der Waals surface area contributed by atoms with Crippen LogP contribution in [0.25, 0.3) is 11.0 Å². The summed E-state index contributed by atoms with van der Waals surface area (Å²) in [6.07, 6.45) is -4.22. The molecule has 0 aliphatic rings. The van der Waals surface area contributed by atoms with Gasteiger partial charge in [-0.2, -0.15) is 13.2 Å². The third-order valence-electron chi connectivity index (χ3n) is 5.41. The molecule has 9 heteroatoms. The summed E-state index contributed by atoms with van der Waals surface area (Å²) in [6, 6.07) is 16.9. The fourth-order valence-corrected chi connectivity index (χ4v) is 3.46. The number of benzene rings is 3. The zero-order valence-electron chi connectivity index (χ0n) is 19.3. The topological polar surface area (TPSA) is 75.0 Å². The molecule has 3 aromatic carbocycles. The molecule has 1 aromatic heterocycles. The van der Waals surface area contributed by atoms with Crippen molar-refractivity contribution in [1.82, 2.24) is 0 Å². The molecule has 186 valence electrons. The molecule has 0 aliphatic carbocycles. The number of hydrogen-bond acceptors (Lipinski definition) is 6. The second-order valence-corrected chi connectivity index (χ2v) is 7.82. The Bertz CT molecular complexity index is 1440. The zero-order valence-corrected chi connectivity index (χ0v) is 19.3. The Morgan fingerprint density at radius 3 is 2.17 bits per heavy atom. The molecule has 0 spiro atoms. The first-order valence-electron chi connectivity index (χ1n) is 10.9. The number of ether oxygens (including phenoxy) is 3. The first-order valence-corrected chi connectivity index (χ1v) is 10.9. The molecule has 0 fully saturated rings. The predicted octanol–water partition coefficient (Wildman–Crippen LogP) is 6.53.